The molecule has 0 radical (unpaired) electrons. The number of imidazole rings is 1. The van der Waals surface area contributed by atoms with E-state index >= 15 is 0 Å². The third kappa shape index (κ3) is 3.99. The SMILES string of the molecule is CCc1cc(C(=O)N2CCC3(CCC(=O)N(CCc4cnc[nH]4)C3)CC2)cs1. The van der Waals surface area contributed by atoms with E-state index in [1.54, 1.807) is 17.7 Å². The molecule has 150 valence electrons. The second-order valence-electron chi connectivity index (χ2n) is 8.09. The predicted molar refractivity (Wildman–Crippen MR) is 109 cm³/mol. The molecule has 2 aromatic heterocycles. The molecule has 28 heavy (non-hydrogen) atoms. The Hall–Kier alpha value is -2.15. The Labute approximate surface area is 169 Å². The fourth-order valence-corrected chi connectivity index (χ4v) is 5.24. The number of carbonyl (C=O) groups is 2. The summed E-state index contributed by atoms with van der Waals surface area (Å²) in [7, 11) is 0. The third-order valence-electron chi connectivity index (χ3n) is 6.31. The van der Waals surface area contributed by atoms with Crippen LogP contribution in [0.25, 0.3) is 0 Å². The fourth-order valence-electron chi connectivity index (χ4n) is 4.44. The number of aromatic amines is 1. The Balaban J connectivity index is 1.34. The number of carbonyl (C=O) groups excluding carboxylic acids is 2. The van der Waals surface area contributed by atoms with E-state index in [0.29, 0.717) is 6.42 Å². The topological polar surface area (TPSA) is 69.3 Å². The molecule has 2 amide bonds. The molecule has 2 aliphatic heterocycles. The van der Waals surface area contributed by atoms with Crippen LogP contribution >= 0.6 is 11.3 Å². The number of likely N-dealkylation sites (tertiary alicyclic amines) is 2. The summed E-state index contributed by atoms with van der Waals surface area (Å²) in [4.78, 5) is 37.7. The molecule has 1 spiro atoms. The number of hydrogen-bond acceptors (Lipinski definition) is 4. The zero-order valence-electron chi connectivity index (χ0n) is 16.4. The van der Waals surface area contributed by atoms with Gasteiger partial charge >= 0.3 is 0 Å². The van der Waals surface area contributed by atoms with Crippen molar-refractivity contribution in [3.05, 3.63) is 40.1 Å². The maximum absolute atomic E-state index is 12.8. The van der Waals surface area contributed by atoms with Crippen molar-refractivity contribution in [2.45, 2.75) is 45.4 Å². The van der Waals surface area contributed by atoms with Gasteiger partial charge in [-0.2, -0.15) is 0 Å². The van der Waals surface area contributed by atoms with Gasteiger partial charge in [0.1, 0.15) is 0 Å². The molecular weight excluding hydrogens is 372 g/mol. The molecule has 0 saturated carbocycles. The molecule has 0 atom stereocenters. The molecule has 0 aromatic carbocycles. The Kier molecular flexibility index (Phi) is 5.53. The monoisotopic (exact) mass is 400 g/mol. The minimum absolute atomic E-state index is 0.161. The van der Waals surface area contributed by atoms with Gasteiger partial charge in [0.2, 0.25) is 5.91 Å². The molecule has 0 aliphatic carbocycles. The van der Waals surface area contributed by atoms with Crippen molar-refractivity contribution >= 4 is 23.2 Å². The highest BCUT2D eigenvalue weighted by molar-refractivity contribution is 7.10. The molecular formula is C21H28N4O2S. The van der Waals surface area contributed by atoms with Crippen LogP contribution in [0, 0.1) is 5.41 Å². The van der Waals surface area contributed by atoms with Crippen molar-refractivity contribution in [2.24, 2.45) is 5.41 Å². The standard InChI is InChI=1S/C21H28N4O2S/c1-2-18-11-16(13-28-18)20(27)24-9-6-21(7-10-24)5-3-19(26)25(14-21)8-4-17-12-22-15-23-17/h11-13,15H,2-10,14H2,1H3,(H,22,23). The van der Waals surface area contributed by atoms with Gasteiger partial charge in [0.05, 0.1) is 11.9 Å². The number of H-pyrrole nitrogens is 1. The van der Waals surface area contributed by atoms with Gasteiger partial charge in [-0.25, -0.2) is 4.98 Å². The lowest BCUT2D eigenvalue weighted by Crippen LogP contribution is -2.52. The summed E-state index contributed by atoms with van der Waals surface area (Å²) in [5.41, 5.74) is 2.06. The number of nitrogens with one attached hydrogen (secondary N) is 1. The Bertz CT molecular complexity index is 821. The van der Waals surface area contributed by atoms with Gasteiger partial charge in [0.25, 0.3) is 5.91 Å². The molecule has 2 aliphatic rings. The van der Waals surface area contributed by atoms with Crippen LogP contribution in [-0.2, 0) is 17.6 Å². The molecule has 7 heteroatoms. The van der Waals surface area contributed by atoms with Crippen LogP contribution in [-0.4, -0.2) is 57.8 Å². The highest BCUT2D eigenvalue weighted by atomic mass is 32.1. The van der Waals surface area contributed by atoms with Crippen LogP contribution in [0.3, 0.4) is 0 Å². The van der Waals surface area contributed by atoms with E-state index in [2.05, 4.69) is 16.9 Å². The van der Waals surface area contributed by atoms with Crippen LogP contribution in [0.15, 0.2) is 24.0 Å². The summed E-state index contributed by atoms with van der Waals surface area (Å²) in [6, 6.07) is 2.04. The highest BCUT2D eigenvalue weighted by Gasteiger charge is 2.41. The Morgan fingerprint density at radius 2 is 2.14 bits per heavy atom. The molecule has 0 unspecified atom stereocenters. The van der Waals surface area contributed by atoms with E-state index in [-0.39, 0.29) is 17.2 Å². The second kappa shape index (κ2) is 8.07. The van der Waals surface area contributed by atoms with Crippen molar-refractivity contribution in [1.82, 2.24) is 19.8 Å². The fraction of sp³-hybridized carbons (Fsp3) is 0.571. The lowest BCUT2D eigenvalue weighted by Gasteiger charge is -2.47. The number of nitrogens with zero attached hydrogens (tertiary/aromatic N) is 3. The smallest absolute Gasteiger partial charge is 0.254 e. The summed E-state index contributed by atoms with van der Waals surface area (Å²) < 4.78 is 0. The first kappa shape index (κ1) is 19.2. The molecule has 2 saturated heterocycles. The highest BCUT2D eigenvalue weighted by Crippen LogP contribution is 2.40. The van der Waals surface area contributed by atoms with Gasteiger partial charge < -0.3 is 14.8 Å². The van der Waals surface area contributed by atoms with Gasteiger partial charge in [0, 0.05) is 61.2 Å². The summed E-state index contributed by atoms with van der Waals surface area (Å²) in [6.07, 6.45) is 8.83. The van der Waals surface area contributed by atoms with Crippen LogP contribution in [0.2, 0.25) is 0 Å². The quantitative estimate of drug-likeness (QED) is 0.838. The molecule has 0 bridgehead atoms. The van der Waals surface area contributed by atoms with E-state index in [9.17, 15) is 9.59 Å². The molecule has 4 heterocycles. The molecule has 2 fully saturated rings. The van der Waals surface area contributed by atoms with Gasteiger partial charge in [-0.05, 0) is 37.2 Å². The van der Waals surface area contributed by atoms with Crippen LogP contribution in [0.5, 0.6) is 0 Å². The normalized spacial score (nSPS) is 19.4. The Morgan fingerprint density at radius 1 is 1.32 bits per heavy atom. The summed E-state index contributed by atoms with van der Waals surface area (Å²) in [6.45, 7) is 5.26. The third-order valence-corrected chi connectivity index (χ3v) is 7.40. The first-order chi connectivity index (χ1) is 13.6. The number of piperidine rings is 2. The number of aromatic nitrogens is 2. The van der Waals surface area contributed by atoms with Gasteiger partial charge in [0.15, 0.2) is 0 Å². The number of amides is 2. The zero-order chi connectivity index (χ0) is 19.6. The van der Waals surface area contributed by atoms with E-state index < -0.39 is 0 Å². The number of hydrogen-bond donors (Lipinski definition) is 1. The van der Waals surface area contributed by atoms with Crippen molar-refractivity contribution < 1.29 is 9.59 Å². The van der Waals surface area contributed by atoms with E-state index in [4.69, 9.17) is 0 Å². The zero-order valence-corrected chi connectivity index (χ0v) is 17.3. The predicted octanol–water partition coefficient (Wildman–Crippen LogP) is 3.12. The van der Waals surface area contributed by atoms with Crippen LogP contribution in [0.1, 0.15) is 53.5 Å². The van der Waals surface area contributed by atoms with E-state index in [0.717, 1.165) is 69.5 Å². The average molecular weight is 401 g/mol. The van der Waals surface area contributed by atoms with Gasteiger partial charge in [-0.3, -0.25) is 9.59 Å². The second-order valence-corrected chi connectivity index (χ2v) is 9.09. The maximum Gasteiger partial charge on any atom is 0.254 e. The van der Waals surface area contributed by atoms with Crippen molar-refractivity contribution in [3.8, 4) is 0 Å². The minimum Gasteiger partial charge on any atom is -0.348 e. The number of aryl methyl sites for hydroxylation is 1. The van der Waals surface area contributed by atoms with E-state index in [1.807, 2.05) is 27.4 Å². The summed E-state index contributed by atoms with van der Waals surface area (Å²) in [5, 5.41) is 1.99. The maximum atomic E-state index is 12.8. The van der Waals surface area contributed by atoms with E-state index in [1.165, 1.54) is 4.88 Å². The first-order valence-electron chi connectivity index (χ1n) is 10.2. The molecule has 2 aromatic rings. The minimum atomic E-state index is 0.161. The first-order valence-corrected chi connectivity index (χ1v) is 11.1. The Morgan fingerprint density at radius 3 is 2.82 bits per heavy atom. The van der Waals surface area contributed by atoms with Gasteiger partial charge in [-0.1, -0.05) is 6.92 Å². The molecule has 4 rings (SSSR count). The lowest BCUT2D eigenvalue weighted by molar-refractivity contribution is -0.138. The van der Waals surface area contributed by atoms with Crippen LogP contribution in [0.4, 0.5) is 0 Å². The largest absolute Gasteiger partial charge is 0.348 e. The number of thiophene rings is 1. The summed E-state index contributed by atoms with van der Waals surface area (Å²) >= 11 is 1.67. The van der Waals surface area contributed by atoms with Crippen molar-refractivity contribution in [1.29, 1.82) is 0 Å². The van der Waals surface area contributed by atoms with Crippen molar-refractivity contribution in [3.63, 3.8) is 0 Å². The average Bonchev–Trinajstić information content (AvgIpc) is 3.41. The summed E-state index contributed by atoms with van der Waals surface area (Å²) in [5.74, 6) is 0.419. The molecule has 6 nitrogen and oxygen atoms in total. The van der Waals surface area contributed by atoms with Gasteiger partial charge in [-0.15, -0.1) is 11.3 Å². The van der Waals surface area contributed by atoms with Crippen molar-refractivity contribution in [2.75, 3.05) is 26.2 Å². The number of rotatable bonds is 5. The van der Waals surface area contributed by atoms with Crippen LogP contribution < -0.4 is 0 Å². The molecule has 1 N–H and O–H groups in total. The lowest BCUT2D eigenvalue weighted by atomic mass is 9.72.